The van der Waals surface area contributed by atoms with Crippen molar-refractivity contribution in [3.8, 4) is 5.69 Å². The lowest BCUT2D eigenvalue weighted by atomic mass is 10.0. The van der Waals surface area contributed by atoms with Crippen molar-refractivity contribution < 1.29 is 9.59 Å². The van der Waals surface area contributed by atoms with Crippen LogP contribution in [-0.4, -0.2) is 49.5 Å². The van der Waals surface area contributed by atoms with Gasteiger partial charge in [-0.2, -0.15) is 5.10 Å². The minimum absolute atomic E-state index is 0.170. The zero-order valence-corrected chi connectivity index (χ0v) is 24.3. The van der Waals surface area contributed by atoms with E-state index in [0.29, 0.717) is 62.6 Å². The van der Waals surface area contributed by atoms with Crippen LogP contribution in [0.4, 0.5) is 0 Å². The van der Waals surface area contributed by atoms with Gasteiger partial charge in [0.2, 0.25) is 0 Å². The van der Waals surface area contributed by atoms with E-state index in [4.69, 9.17) is 16.7 Å². The average molecular weight is 632 g/mol. The van der Waals surface area contributed by atoms with Crippen molar-refractivity contribution in [1.29, 1.82) is 0 Å². The number of pyridine rings is 1. The Morgan fingerprint density at radius 2 is 1.78 bits per heavy atom. The number of carbonyl (C=O) groups excluding carboxylic acids is 2. The number of halogens is 2. The van der Waals surface area contributed by atoms with Crippen molar-refractivity contribution in [2.24, 2.45) is 0 Å². The highest BCUT2D eigenvalue weighted by Crippen LogP contribution is 2.27. The lowest BCUT2D eigenvalue weighted by molar-refractivity contribution is 0.0729. The average Bonchev–Trinajstić information content (AvgIpc) is 3.41. The van der Waals surface area contributed by atoms with E-state index in [9.17, 15) is 14.4 Å². The predicted octanol–water partition coefficient (Wildman–Crippen LogP) is 4.45. The fourth-order valence-electron chi connectivity index (χ4n) is 5.19. The van der Waals surface area contributed by atoms with E-state index in [-0.39, 0.29) is 23.9 Å². The first-order valence-electron chi connectivity index (χ1n) is 12.9. The van der Waals surface area contributed by atoms with E-state index in [1.807, 2.05) is 12.1 Å². The third-order valence-corrected chi connectivity index (χ3v) is 8.51. The van der Waals surface area contributed by atoms with Crippen LogP contribution in [0.2, 0.25) is 5.02 Å². The van der Waals surface area contributed by atoms with E-state index in [2.05, 4.69) is 26.2 Å². The highest BCUT2D eigenvalue weighted by atomic mass is 79.9. The molecule has 1 N–H and O–H groups in total. The third kappa shape index (κ3) is 4.93. The smallest absolute Gasteiger partial charge is 0.261 e. The van der Waals surface area contributed by atoms with Gasteiger partial charge < -0.3 is 10.2 Å². The zero-order chi connectivity index (χ0) is 28.7. The van der Waals surface area contributed by atoms with Gasteiger partial charge in [-0.05, 0) is 82.5 Å². The Balaban J connectivity index is 1.48. The molecule has 206 valence electrons. The molecule has 11 heteroatoms. The van der Waals surface area contributed by atoms with Gasteiger partial charge in [0.1, 0.15) is 5.65 Å². The van der Waals surface area contributed by atoms with Crippen LogP contribution in [-0.2, 0) is 19.4 Å². The molecule has 0 fully saturated rings. The van der Waals surface area contributed by atoms with Crippen molar-refractivity contribution in [2.45, 2.75) is 19.4 Å². The monoisotopic (exact) mass is 630 g/mol. The number of benzene rings is 2. The summed E-state index contributed by atoms with van der Waals surface area (Å²) in [4.78, 5) is 45.5. The summed E-state index contributed by atoms with van der Waals surface area (Å²) in [5, 5.41) is 7.79. The highest BCUT2D eigenvalue weighted by molar-refractivity contribution is 9.10. The van der Waals surface area contributed by atoms with Gasteiger partial charge in [0.15, 0.2) is 0 Å². The lowest BCUT2D eigenvalue weighted by Gasteiger charge is -2.30. The molecular weight excluding hydrogens is 608 g/mol. The van der Waals surface area contributed by atoms with Crippen LogP contribution >= 0.6 is 27.5 Å². The van der Waals surface area contributed by atoms with Crippen molar-refractivity contribution in [1.82, 2.24) is 29.4 Å². The summed E-state index contributed by atoms with van der Waals surface area (Å²) in [5.41, 5.74) is 5.16. The van der Waals surface area contributed by atoms with Crippen LogP contribution in [0.5, 0.6) is 0 Å². The van der Waals surface area contributed by atoms with Gasteiger partial charge in [-0.1, -0.05) is 11.6 Å². The minimum Gasteiger partial charge on any atom is -0.355 e. The molecule has 0 saturated carbocycles. The molecule has 1 aliphatic rings. The van der Waals surface area contributed by atoms with Crippen molar-refractivity contribution >= 4 is 45.0 Å². The summed E-state index contributed by atoms with van der Waals surface area (Å²) in [6.07, 6.45) is 6.12. The number of hydrogen-bond donors (Lipinski definition) is 1. The second-order valence-electron chi connectivity index (χ2n) is 9.73. The Labute approximate surface area is 248 Å². The van der Waals surface area contributed by atoms with Gasteiger partial charge in [-0.15, -0.1) is 0 Å². The fraction of sp³-hybridized carbons (Fsp3) is 0.167. The van der Waals surface area contributed by atoms with Gasteiger partial charge in [0.05, 0.1) is 29.1 Å². The Morgan fingerprint density at radius 1 is 1.05 bits per heavy atom. The van der Waals surface area contributed by atoms with Crippen molar-refractivity contribution in [3.05, 3.63) is 127 Å². The zero-order valence-electron chi connectivity index (χ0n) is 22.0. The lowest BCUT2D eigenvalue weighted by Crippen LogP contribution is -2.41. The summed E-state index contributed by atoms with van der Waals surface area (Å²) >= 11 is 9.62. The third-order valence-electron chi connectivity index (χ3n) is 7.28. The van der Waals surface area contributed by atoms with Gasteiger partial charge in [0.25, 0.3) is 17.4 Å². The molecule has 0 spiro atoms. The second kappa shape index (κ2) is 10.9. The number of rotatable bonds is 5. The Bertz CT molecular complexity index is 1870. The Morgan fingerprint density at radius 3 is 2.49 bits per heavy atom. The fourth-order valence-corrected chi connectivity index (χ4v) is 5.62. The highest BCUT2D eigenvalue weighted by Gasteiger charge is 2.29. The Hall–Kier alpha value is -4.28. The number of carbonyl (C=O) groups is 2. The largest absolute Gasteiger partial charge is 0.355 e. The van der Waals surface area contributed by atoms with Crippen LogP contribution < -0.4 is 10.9 Å². The first-order chi connectivity index (χ1) is 19.9. The number of aromatic nitrogens is 4. The molecule has 3 aromatic heterocycles. The van der Waals surface area contributed by atoms with E-state index in [1.54, 1.807) is 82.1 Å². The van der Waals surface area contributed by atoms with Crippen molar-refractivity contribution in [3.63, 3.8) is 0 Å². The molecule has 41 heavy (non-hydrogen) atoms. The molecular formula is C30H24BrClN6O3. The molecule has 6 rings (SSSR count). The SMILES string of the molecule is CNC(=O)c1ccc(-n2c(=O)c3c(n4ncc(Cc5ccncc5)c24)CN(C(=O)c2ccc(Br)c(Cl)c2)CC3)cc1. The molecule has 0 radical (unpaired) electrons. The molecule has 1 aliphatic heterocycles. The van der Waals surface area contributed by atoms with E-state index >= 15 is 0 Å². The first-order valence-corrected chi connectivity index (χ1v) is 14.1. The molecule has 4 heterocycles. The predicted molar refractivity (Wildman–Crippen MR) is 159 cm³/mol. The minimum atomic E-state index is -0.209. The molecule has 0 saturated heterocycles. The van der Waals surface area contributed by atoms with Gasteiger partial charge in [0, 0.05) is 59.1 Å². The van der Waals surface area contributed by atoms with Crippen LogP contribution in [0.1, 0.15) is 43.1 Å². The van der Waals surface area contributed by atoms with E-state index in [0.717, 1.165) is 11.1 Å². The summed E-state index contributed by atoms with van der Waals surface area (Å²) < 4.78 is 4.14. The van der Waals surface area contributed by atoms with E-state index in [1.165, 1.54) is 0 Å². The molecule has 0 aliphatic carbocycles. The number of nitrogens with one attached hydrogen (secondary N) is 1. The maximum atomic E-state index is 14.1. The van der Waals surface area contributed by atoms with Crippen LogP contribution in [0, 0.1) is 0 Å². The van der Waals surface area contributed by atoms with Gasteiger partial charge >= 0.3 is 0 Å². The first kappa shape index (κ1) is 26.9. The summed E-state index contributed by atoms with van der Waals surface area (Å²) in [7, 11) is 1.57. The van der Waals surface area contributed by atoms with Crippen LogP contribution in [0.3, 0.4) is 0 Å². The molecule has 0 bridgehead atoms. The standard InChI is InChI=1S/C30H24BrClN6O3/c1-33-27(39)19-2-5-22(6-3-19)37-28-21(14-18-8-11-34-12-9-18)16-35-38(28)26-17-36(13-10-23(26)30(37)41)29(40)20-4-7-24(31)25(32)15-20/h2-9,11-12,15-16H,10,13-14,17H2,1H3,(H,33,39). The van der Waals surface area contributed by atoms with Gasteiger partial charge in [-0.3, -0.25) is 23.9 Å². The number of fused-ring (bicyclic) bond motifs is 3. The topological polar surface area (TPSA) is 102 Å². The normalized spacial score (nSPS) is 12.8. The molecule has 2 aromatic carbocycles. The number of hydrogen-bond acceptors (Lipinski definition) is 5. The summed E-state index contributed by atoms with van der Waals surface area (Å²) in [6, 6.07) is 15.9. The molecule has 5 aromatic rings. The van der Waals surface area contributed by atoms with E-state index < -0.39 is 0 Å². The second-order valence-corrected chi connectivity index (χ2v) is 11.0. The molecule has 0 atom stereocenters. The van der Waals surface area contributed by atoms with Gasteiger partial charge in [-0.25, -0.2) is 4.52 Å². The van der Waals surface area contributed by atoms with Crippen LogP contribution in [0.15, 0.2) is 82.5 Å². The Kier molecular flexibility index (Phi) is 7.19. The maximum Gasteiger partial charge on any atom is 0.261 e. The van der Waals surface area contributed by atoms with Crippen molar-refractivity contribution in [2.75, 3.05) is 13.6 Å². The quantitative estimate of drug-likeness (QED) is 0.309. The molecule has 2 amide bonds. The molecule has 9 nitrogen and oxygen atoms in total. The maximum absolute atomic E-state index is 14.1. The van der Waals surface area contributed by atoms with Crippen LogP contribution in [0.25, 0.3) is 11.3 Å². The number of amides is 2. The molecule has 0 unspecified atom stereocenters. The number of nitrogens with zero attached hydrogens (tertiary/aromatic N) is 5. The summed E-state index contributed by atoms with van der Waals surface area (Å²) in [6.45, 7) is 0.599. The summed E-state index contributed by atoms with van der Waals surface area (Å²) in [5.74, 6) is -0.379.